The van der Waals surface area contributed by atoms with Crippen LogP contribution < -0.4 is 5.32 Å². The zero-order valence-corrected chi connectivity index (χ0v) is 15.5. The summed E-state index contributed by atoms with van der Waals surface area (Å²) in [4.78, 5) is 16.5. The van der Waals surface area contributed by atoms with Crippen LogP contribution in [0.5, 0.6) is 0 Å². The predicted molar refractivity (Wildman–Crippen MR) is 99.5 cm³/mol. The van der Waals surface area contributed by atoms with E-state index < -0.39 is 5.82 Å². The first-order valence-electron chi connectivity index (χ1n) is 7.79. The molecule has 0 aliphatic carbocycles. The van der Waals surface area contributed by atoms with Crippen molar-refractivity contribution in [1.82, 2.24) is 34.1 Å². The van der Waals surface area contributed by atoms with Crippen LogP contribution in [0.3, 0.4) is 0 Å². The Morgan fingerprint density at radius 1 is 1.19 bits per heavy atom. The van der Waals surface area contributed by atoms with Crippen LogP contribution in [0.2, 0.25) is 5.02 Å². The van der Waals surface area contributed by atoms with E-state index in [1.807, 2.05) is 13.0 Å². The van der Waals surface area contributed by atoms with E-state index in [2.05, 4.69) is 34.7 Å². The number of anilines is 2. The Balaban J connectivity index is 1.56. The third kappa shape index (κ3) is 4.07. The SMILES string of the molecule is Cc1cc(Nc2ncc(Cl)c(-c3cnn(Cc4ncc(F)cn4)c3)n2)sn1. The van der Waals surface area contributed by atoms with Gasteiger partial charge in [0, 0.05) is 11.8 Å². The first-order valence-corrected chi connectivity index (χ1v) is 8.94. The number of aromatic nitrogens is 7. The summed E-state index contributed by atoms with van der Waals surface area (Å²) in [6.07, 6.45) is 7.17. The summed E-state index contributed by atoms with van der Waals surface area (Å²) in [6.45, 7) is 2.21. The largest absolute Gasteiger partial charge is 0.314 e. The zero-order valence-electron chi connectivity index (χ0n) is 14.0. The fraction of sp³-hybridized carbons (Fsp3) is 0.125. The first-order chi connectivity index (χ1) is 13.1. The van der Waals surface area contributed by atoms with Gasteiger partial charge in [-0.1, -0.05) is 11.6 Å². The molecule has 1 N–H and O–H groups in total. The highest BCUT2D eigenvalue weighted by Gasteiger charge is 2.12. The highest BCUT2D eigenvalue weighted by molar-refractivity contribution is 7.10. The maximum absolute atomic E-state index is 12.9. The summed E-state index contributed by atoms with van der Waals surface area (Å²) in [5, 5.41) is 8.61. The lowest BCUT2D eigenvalue weighted by molar-refractivity contribution is 0.596. The molecule has 0 bridgehead atoms. The Morgan fingerprint density at radius 3 is 2.74 bits per heavy atom. The number of nitrogens with one attached hydrogen (secondary N) is 1. The summed E-state index contributed by atoms with van der Waals surface area (Å²) in [6, 6.07) is 1.91. The molecule has 11 heteroatoms. The van der Waals surface area contributed by atoms with Crippen LogP contribution in [0.1, 0.15) is 11.5 Å². The lowest BCUT2D eigenvalue weighted by Gasteiger charge is -2.05. The third-order valence-electron chi connectivity index (χ3n) is 3.49. The van der Waals surface area contributed by atoms with E-state index in [0.717, 1.165) is 23.1 Å². The van der Waals surface area contributed by atoms with Gasteiger partial charge in [0.25, 0.3) is 0 Å². The number of halogens is 2. The van der Waals surface area contributed by atoms with E-state index >= 15 is 0 Å². The third-order valence-corrected chi connectivity index (χ3v) is 4.56. The molecule has 0 aliphatic rings. The quantitative estimate of drug-likeness (QED) is 0.546. The smallest absolute Gasteiger partial charge is 0.228 e. The van der Waals surface area contributed by atoms with Crippen molar-refractivity contribution in [3.63, 3.8) is 0 Å². The van der Waals surface area contributed by atoms with Gasteiger partial charge in [-0.05, 0) is 24.5 Å². The van der Waals surface area contributed by atoms with Crippen LogP contribution in [0.4, 0.5) is 15.3 Å². The molecule has 136 valence electrons. The average Bonchev–Trinajstić information content (AvgIpc) is 3.28. The minimum absolute atomic E-state index is 0.300. The lowest BCUT2D eigenvalue weighted by atomic mass is 10.2. The second-order valence-electron chi connectivity index (χ2n) is 5.59. The van der Waals surface area contributed by atoms with Gasteiger partial charge in [0.1, 0.15) is 17.4 Å². The molecule has 0 aliphatic heterocycles. The van der Waals surface area contributed by atoms with Crippen molar-refractivity contribution in [3.05, 3.63) is 59.4 Å². The molecule has 4 heterocycles. The van der Waals surface area contributed by atoms with Crippen LogP contribution in [0, 0.1) is 12.7 Å². The van der Waals surface area contributed by atoms with E-state index in [-0.39, 0.29) is 0 Å². The molecule has 4 rings (SSSR count). The van der Waals surface area contributed by atoms with Gasteiger partial charge in [0.15, 0.2) is 5.82 Å². The van der Waals surface area contributed by atoms with E-state index in [1.165, 1.54) is 17.7 Å². The molecule has 0 aromatic carbocycles. The van der Waals surface area contributed by atoms with Crippen LogP contribution in [0.25, 0.3) is 11.3 Å². The Labute approximate surface area is 162 Å². The Kier molecular flexibility index (Phi) is 4.73. The summed E-state index contributed by atoms with van der Waals surface area (Å²) in [5.74, 6) is 0.374. The number of aryl methyl sites for hydroxylation is 1. The second kappa shape index (κ2) is 7.33. The van der Waals surface area contributed by atoms with Crippen LogP contribution in [-0.2, 0) is 6.54 Å². The highest BCUT2D eigenvalue weighted by atomic mass is 35.5. The molecule has 0 unspecified atom stereocenters. The monoisotopic (exact) mass is 402 g/mol. The number of rotatable bonds is 5. The number of hydrogen-bond acceptors (Lipinski definition) is 8. The molecule has 0 spiro atoms. The Bertz CT molecular complexity index is 1080. The van der Waals surface area contributed by atoms with Gasteiger partial charge in [-0.15, -0.1) is 0 Å². The summed E-state index contributed by atoms with van der Waals surface area (Å²) >= 11 is 7.58. The van der Waals surface area contributed by atoms with Crippen molar-refractivity contribution in [2.45, 2.75) is 13.5 Å². The topological polar surface area (TPSA) is 94.3 Å². The normalized spacial score (nSPS) is 10.9. The van der Waals surface area contributed by atoms with Crippen LogP contribution in [-0.4, -0.2) is 34.1 Å². The summed E-state index contributed by atoms with van der Waals surface area (Å²) < 4.78 is 18.7. The standard InChI is InChI=1S/C16H12ClFN8S/c1-9-2-14(27-25-9)23-16-21-6-12(17)15(24-16)10-3-22-26(7-10)8-13-19-4-11(18)5-20-13/h2-7H,8H2,1H3,(H,21,23,24). The van der Waals surface area contributed by atoms with Crippen LogP contribution in [0.15, 0.2) is 37.1 Å². The Morgan fingerprint density at radius 2 is 2.00 bits per heavy atom. The lowest BCUT2D eigenvalue weighted by Crippen LogP contribution is -2.04. The molecule has 0 saturated heterocycles. The van der Waals surface area contributed by atoms with Crippen molar-refractivity contribution < 1.29 is 4.39 Å². The van der Waals surface area contributed by atoms with Gasteiger partial charge in [-0.2, -0.15) is 9.47 Å². The van der Waals surface area contributed by atoms with E-state index in [0.29, 0.717) is 34.6 Å². The molecule has 0 fully saturated rings. The number of nitrogens with zero attached hydrogens (tertiary/aromatic N) is 7. The molecule has 27 heavy (non-hydrogen) atoms. The fourth-order valence-electron chi connectivity index (χ4n) is 2.30. The molecule has 4 aromatic heterocycles. The van der Waals surface area contributed by atoms with E-state index in [1.54, 1.807) is 17.1 Å². The minimum Gasteiger partial charge on any atom is -0.314 e. The maximum Gasteiger partial charge on any atom is 0.228 e. The number of hydrogen-bond donors (Lipinski definition) is 1. The van der Waals surface area contributed by atoms with E-state index in [9.17, 15) is 4.39 Å². The fourth-order valence-corrected chi connectivity index (χ4v) is 3.16. The average molecular weight is 403 g/mol. The van der Waals surface area contributed by atoms with Crippen molar-refractivity contribution in [1.29, 1.82) is 0 Å². The van der Waals surface area contributed by atoms with Crippen molar-refractivity contribution >= 4 is 34.1 Å². The molecule has 0 atom stereocenters. The molecule has 4 aromatic rings. The zero-order chi connectivity index (χ0) is 18.8. The van der Waals surface area contributed by atoms with Crippen LogP contribution >= 0.6 is 23.1 Å². The van der Waals surface area contributed by atoms with Gasteiger partial charge in [-0.25, -0.2) is 24.3 Å². The molecular formula is C16H12ClFN8S. The van der Waals surface area contributed by atoms with Gasteiger partial charge in [0.2, 0.25) is 5.95 Å². The van der Waals surface area contributed by atoms with Gasteiger partial charge >= 0.3 is 0 Å². The molecule has 0 saturated carbocycles. The second-order valence-corrected chi connectivity index (χ2v) is 6.80. The highest BCUT2D eigenvalue weighted by Crippen LogP contribution is 2.27. The first kappa shape index (κ1) is 17.4. The summed E-state index contributed by atoms with van der Waals surface area (Å²) in [7, 11) is 0. The van der Waals surface area contributed by atoms with Gasteiger partial charge in [-0.3, -0.25) is 4.68 Å². The van der Waals surface area contributed by atoms with E-state index in [4.69, 9.17) is 11.6 Å². The van der Waals surface area contributed by atoms with Crippen molar-refractivity contribution in [2.24, 2.45) is 0 Å². The van der Waals surface area contributed by atoms with Gasteiger partial charge < -0.3 is 5.32 Å². The molecular weight excluding hydrogens is 391 g/mol. The molecule has 0 radical (unpaired) electrons. The molecule has 0 amide bonds. The van der Waals surface area contributed by atoms with Gasteiger partial charge in [0.05, 0.1) is 41.2 Å². The predicted octanol–water partition coefficient (Wildman–Crippen LogP) is 3.48. The minimum atomic E-state index is -0.483. The van der Waals surface area contributed by atoms with Crippen molar-refractivity contribution in [3.8, 4) is 11.3 Å². The van der Waals surface area contributed by atoms with Crippen molar-refractivity contribution in [2.75, 3.05) is 5.32 Å². The molecule has 8 nitrogen and oxygen atoms in total. The maximum atomic E-state index is 12.9. The summed E-state index contributed by atoms with van der Waals surface area (Å²) in [5.41, 5.74) is 2.18. The Hall–Kier alpha value is -2.98.